The largest absolute Gasteiger partial charge is 0.376 e. The number of likely N-dealkylation sites (N-methyl/N-ethyl adjacent to an activating group) is 1. The maximum absolute atomic E-state index is 6.15. The van der Waals surface area contributed by atoms with E-state index in [0.717, 1.165) is 19.4 Å². The molecule has 0 aromatic heterocycles. The highest BCUT2D eigenvalue weighted by atomic mass is 16.5. The molecule has 0 amide bonds. The number of nitrogens with one attached hydrogen (secondary N) is 1. The molecule has 21 heavy (non-hydrogen) atoms. The molecule has 2 rings (SSSR count). The predicted molar refractivity (Wildman–Crippen MR) is 89.8 cm³/mol. The number of aryl methyl sites for hydroxylation is 2. The Labute approximate surface area is 130 Å². The standard InChI is InChI=1S/C19H31NO/c1-5-20-18(17-13-15(2)12-16(3)14-17)19(21-4)10-8-6-7-9-11-19/h12-14,18,20H,5-11H2,1-4H3. The lowest BCUT2D eigenvalue weighted by molar-refractivity contribution is -0.0537. The molecule has 0 aliphatic heterocycles. The van der Waals surface area contributed by atoms with Gasteiger partial charge in [0.15, 0.2) is 0 Å². The molecule has 2 nitrogen and oxygen atoms in total. The minimum Gasteiger partial charge on any atom is -0.376 e. The summed E-state index contributed by atoms with van der Waals surface area (Å²) in [5.74, 6) is 0. The molecule has 1 atom stereocenters. The van der Waals surface area contributed by atoms with Gasteiger partial charge in [-0.05, 0) is 38.8 Å². The Morgan fingerprint density at radius 2 is 1.62 bits per heavy atom. The van der Waals surface area contributed by atoms with Crippen LogP contribution in [0.5, 0.6) is 0 Å². The van der Waals surface area contributed by atoms with E-state index in [9.17, 15) is 0 Å². The summed E-state index contributed by atoms with van der Waals surface area (Å²) in [5, 5.41) is 3.72. The molecule has 1 unspecified atom stereocenters. The fraction of sp³-hybridized carbons (Fsp3) is 0.684. The molecule has 1 N–H and O–H groups in total. The van der Waals surface area contributed by atoms with Crippen molar-refractivity contribution in [1.82, 2.24) is 5.32 Å². The smallest absolute Gasteiger partial charge is 0.0872 e. The molecule has 0 bridgehead atoms. The quantitative estimate of drug-likeness (QED) is 0.794. The number of ether oxygens (including phenoxy) is 1. The second-order valence-corrected chi connectivity index (χ2v) is 6.59. The summed E-state index contributed by atoms with van der Waals surface area (Å²) in [5.41, 5.74) is 4.02. The topological polar surface area (TPSA) is 21.3 Å². The van der Waals surface area contributed by atoms with Crippen molar-refractivity contribution in [3.05, 3.63) is 34.9 Å². The highest BCUT2D eigenvalue weighted by Gasteiger charge is 2.39. The average molecular weight is 289 g/mol. The Morgan fingerprint density at radius 1 is 1.05 bits per heavy atom. The molecule has 0 saturated heterocycles. The van der Waals surface area contributed by atoms with E-state index in [1.165, 1.54) is 42.4 Å². The number of hydrogen-bond donors (Lipinski definition) is 1. The third-order valence-corrected chi connectivity index (χ3v) is 4.87. The monoisotopic (exact) mass is 289 g/mol. The van der Waals surface area contributed by atoms with E-state index >= 15 is 0 Å². The fourth-order valence-corrected chi connectivity index (χ4v) is 3.93. The number of hydrogen-bond acceptors (Lipinski definition) is 2. The van der Waals surface area contributed by atoms with Crippen LogP contribution in [0.4, 0.5) is 0 Å². The van der Waals surface area contributed by atoms with Gasteiger partial charge in [-0.15, -0.1) is 0 Å². The van der Waals surface area contributed by atoms with E-state index < -0.39 is 0 Å². The third kappa shape index (κ3) is 3.87. The molecule has 1 aromatic carbocycles. The average Bonchev–Trinajstić information content (AvgIpc) is 2.70. The maximum atomic E-state index is 6.15. The van der Waals surface area contributed by atoms with E-state index in [1.54, 1.807) is 0 Å². The SMILES string of the molecule is CCNC(c1cc(C)cc(C)c1)C1(OC)CCCCCC1. The van der Waals surface area contributed by atoms with Gasteiger partial charge in [-0.25, -0.2) is 0 Å². The lowest BCUT2D eigenvalue weighted by Crippen LogP contribution is -2.45. The lowest BCUT2D eigenvalue weighted by Gasteiger charge is -2.40. The first-order valence-electron chi connectivity index (χ1n) is 8.48. The molecule has 1 saturated carbocycles. The van der Waals surface area contributed by atoms with Crippen molar-refractivity contribution in [1.29, 1.82) is 0 Å². The number of methoxy groups -OCH3 is 1. The summed E-state index contributed by atoms with van der Waals surface area (Å²) in [6, 6.07) is 7.20. The molecule has 1 aliphatic carbocycles. The minimum atomic E-state index is -0.0489. The summed E-state index contributed by atoms with van der Waals surface area (Å²) in [4.78, 5) is 0. The zero-order chi connectivity index (χ0) is 15.3. The van der Waals surface area contributed by atoms with Gasteiger partial charge >= 0.3 is 0 Å². The summed E-state index contributed by atoms with van der Waals surface area (Å²) >= 11 is 0. The summed E-state index contributed by atoms with van der Waals surface area (Å²) in [7, 11) is 1.90. The predicted octanol–water partition coefficient (Wildman–Crippen LogP) is 4.69. The first-order valence-corrected chi connectivity index (χ1v) is 8.48. The normalized spacial score (nSPS) is 20.0. The van der Waals surface area contributed by atoms with Crippen LogP contribution in [0, 0.1) is 13.8 Å². The van der Waals surface area contributed by atoms with Crippen molar-refractivity contribution in [2.24, 2.45) is 0 Å². The van der Waals surface area contributed by atoms with Crippen molar-refractivity contribution in [2.75, 3.05) is 13.7 Å². The van der Waals surface area contributed by atoms with Gasteiger partial charge in [0.1, 0.15) is 0 Å². The van der Waals surface area contributed by atoms with Gasteiger partial charge in [0.25, 0.3) is 0 Å². The summed E-state index contributed by atoms with van der Waals surface area (Å²) < 4.78 is 6.15. The van der Waals surface area contributed by atoms with Crippen LogP contribution >= 0.6 is 0 Å². The zero-order valence-corrected chi connectivity index (χ0v) is 14.2. The summed E-state index contributed by atoms with van der Waals surface area (Å²) in [6.45, 7) is 7.54. The van der Waals surface area contributed by atoms with Gasteiger partial charge < -0.3 is 10.1 Å². The van der Waals surface area contributed by atoms with Crippen LogP contribution < -0.4 is 5.32 Å². The van der Waals surface area contributed by atoms with Gasteiger partial charge in [-0.2, -0.15) is 0 Å². The van der Waals surface area contributed by atoms with Crippen LogP contribution in [-0.2, 0) is 4.74 Å². The molecular formula is C19H31NO. The summed E-state index contributed by atoms with van der Waals surface area (Å²) in [6.07, 6.45) is 7.57. The van der Waals surface area contributed by atoms with Crippen molar-refractivity contribution in [2.45, 2.75) is 70.9 Å². The van der Waals surface area contributed by atoms with Crippen molar-refractivity contribution >= 4 is 0 Å². The highest BCUT2D eigenvalue weighted by Crippen LogP contribution is 2.40. The van der Waals surface area contributed by atoms with Crippen LogP contribution in [0.1, 0.15) is 68.2 Å². The van der Waals surface area contributed by atoms with E-state index in [2.05, 4.69) is 44.3 Å². The first-order chi connectivity index (χ1) is 10.1. The molecule has 0 radical (unpaired) electrons. The van der Waals surface area contributed by atoms with Crippen molar-refractivity contribution < 1.29 is 4.74 Å². The Hall–Kier alpha value is -0.860. The lowest BCUT2D eigenvalue weighted by atomic mass is 9.81. The molecule has 118 valence electrons. The van der Waals surface area contributed by atoms with Crippen molar-refractivity contribution in [3.8, 4) is 0 Å². The maximum Gasteiger partial charge on any atom is 0.0872 e. The number of rotatable bonds is 5. The highest BCUT2D eigenvalue weighted by molar-refractivity contribution is 5.32. The molecule has 0 heterocycles. The molecule has 1 aromatic rings. The van der Waals surface area contributed by atoms with Crippen molar-refractivity contribution in [3.63, 3.8) is 0 Å². The van der Waals surface area contributed by atoms with Gasteiger partial charge in [0, 0.05) is 7.11 Å². The zero-order valence-electron chi connectivity index (χ0n) is 14.2. The first kappa shape index (κ1) is 16.5. The van der Waals surface area contributed by atoms with E-state index in [1.807, 2.05) is 7.11 Å². The Bertz CT molecular complexity index is 427. The molecule has 1 fully saturated rings. The second kappa shape index (κ2) is 7.42. The van der Waals surface area contributed by atoms with Gasteiger partial charge in [-0.1, -0.05) is 61.9 Å². The molecule has 1 aliphatic rings. The van der Waals surface area contributed by atoms with Crippen LogP contribution in [0.25, 0.3) is 0 Å². The fourth-order valence-electron chi connectivity index (χ4n) is 3.93. The Morgan fingerprint density at radius 3 is 2.10 bits per heavy atom. The van der Waals surface area contributed by atoms with Crippen LogP contribution in [-0.4, -0.2) is 19.3 Å². The van der Waals surface area contributed by atoms with E-state index in [4.69, 9.17) is 4.74 Å². The van der Waals surface area contributed by atoms with Crippen LogP contribution in [0.3, 0.4) is 0 Å². The molecule has 0 spiro atoms. The van der Waals surface area contributed by atoms with Gasteiger partial charge in [0.2, 0.25) is 0 Å². The van der Waals surface area contributed by atoms with Crippen LogP contribution in [0.15, 0.2) is 18.2 Å². The molecule has 2 heteroatoms. The van der Waals surface area contributed by atoms with Gasteiger partial charge in [0.05, 0.1) is 11.6 Å². The van der Waals surface area contributed by atoms with E-state index in [-0.39, 0.29) is 5.60 Å². The number of benzene rings is 1. The third-order valence-electron chi connectivity index (χ3n) is 4.87. The Balaban J connectivity index is 2.39. The van der Waals surface area contributed by atoms with Gasteiger partial charge in [-0.3, -0.25) is 0 Å². The van der Waals surface area contributed by atoms with Crippen LogP contribution in [0.2, 0.25) is 0 Å². The Kier molecular flexibility index (Phi) is 5.83. The minimum absolute atomic E-state index is 0.0489. The second-order valence-electron chi connectivity index (χ2n) is 6.59. The van der Waals surface area contributed by atoms with E-state index in [0.29, 0.717) is 6.04 Å². The molecular weight excluding hydrogens is 258 g/mol.